The number of hydrogen-bond donors (Lipinski definition) is 5. The van der Waals surface area contributed by atoms with Crippen molar-refractivity contribution in [1.82, 2.24) is 26.7 Å². The minimum atomic E-state index is -1.13. The maximum Gasteiger partial charge on any atom is 0.533 e. The highest BCUT2D eigenvalue weighted by molar-refractivity contribution is 5.94. The number of ketones is 1. The van der Waals surface area contributed by atoms with E-state index in [2.05, 4.69) is 26.1 Å². The fraction of sp³-hybridized carbons (Fsp3) is 0.526. The van der Waals surface area contributed by atoms with Gasteiger partial charge in [0.05, 0.1) is 32.8 Å². The quantitative estimate of drug-likeness (QED) is 0.243. The Morgan fingerprint density at radius 1 is 0.636 bits per heavy atom. The molecule has 0 radical (unpaired) electrons. The van der Waals surface area contributed by atoms with Crippen LogP contribution in [0.5, 0.6) is 0 Å². The number of nitrogens with one attached hydrogen (secondary N) is 5. The van der Waals surface area contributed by atoms with E-state index in [0.29, 0.717) is 19.3 Å². The van der Waals surface area contributed by atoms with Crippen molar-refractivity contribution in [2.24, 2.45) is 0 Å². The standard InChI is InChI=1S/C19H27N5O9/c25-13-5-3-1-2-4-8-32-19(31)33-24-18(30)12-23-17(29)11-22-16(28)10-21-15(27)9-20-14(26)7-6-13/h3,5H,1-2,4,6-12H2,(H,20,26)(H,21,27)(H,22,28)(H,23,29)(H,24,30). The minimum absolute atomic E-state index is 0.0284. The van der Waals surface area contributed by atoms with Crippen molar-refractivity contribution in [3.63, 3.8) is 0 Å². The summed E-state index contributed by atoms with van der Waals surface area (Å²) in [5.74, 6) is -3.61. The van der Waals surface area contributed by atoms with Gasteiger partial charge in [-0.25, -0.2) is 4.79 Å². The molecule has 0 aromatic rings. The van der Waals surface area contributed by atoms with Crippen LogP contribution in [0.4, 0.5) is 4.79 Å². The van der Waals surface area contributed by atoms with Crippen molar-refractivity contribution in [1.29, 1.82) is 0 Å². The number of carbonyl (C=O) groups is 7. The second kappa shape index (κ2) is 15.8. The number of hydroxylamine groups is 1. The Morgan fingerprint density at radius 3 is 1.79 bits per heavy atom. The second-order valence-electron chi connectivity index (χ2n) is 6.70. The summed E-state index contributed by atoms with van der Waals surface area (Å²) in [6.45, 7) is -1.78. The number of ether oxygens (including phenoxy) is 1. The molecule has 14 nitrogen and oxygen atoms in total. The highest BCUT2D eigenvalue weighted by Crippen LogP contribution is 2.00. The van der Waals surface area contributed by atoms with Gasteiger partial charge in [-0.1, -0.05) is 6.08 Å². The Balaban J connectivity index is 2.53. The SMILES string of the molecule is O=C1C=CCCCCOC(=O)ONC(=O)CNC(=O)CNC(=O)CNC(=O)CNC(=O)CC1. The smallest absolute Gasteiger partial charge is 0.433 e. The van der Waals surface area contributed by atoms with E-state index in [1.807, 2.05) is 0 Å². The van der Waals surface area contributed by atoms with Gasteiger partial charge in [-0.2, -0.15) is 5.48 Å². The van der Waals surface area contributed by atoms with Gasteiger partial charge in [0.25, 0.3) is 5.91 Å². The van der Waals surface area contributed by atoms with Crippen LogP contribution in [0.1, 0.15) is 32.1 Å². The first kappa shape index (κ1) is 27.1. The lowest BCUT2D eigenvalue weighted by atomic mass is 10.1. The van der Waals surface area contributed by atoms with E-state index in [9.17, 15) is 33.6 Å². The molecule has 0 saturated carbocycles. The molecule has 0 saturated heterocycles. The molecule has 14 heteroatoms. The van der Waals surface area contributed by atoms with Crippen LogP contribution < -0.4 is 26.7 Å². The number of amides is 5. The van der Waals surface area contributed by atoms with E-state index < -0.39 is 55.3 Å². The highest BCUT2D eigenvalue weighted by atomic mass is 16.8. The molecular formula is C19H27N5O9. The van der Waals surface area contributed by atoms with Crippen LogP contribution in [-0.2, 0) is 38.3 Å². The topological polar surface area (TPSA) is 198 Å². The number of hydrogen-bond acceptors (Lipinski definition) is 9. The third-order valence-corrected chi connectivity index (χ3v) is 3.92. The lowest BCUT2D eigenvalue weighted by Crippen LogP contribution is -2.45. The molecule has 0 atom stereocenters. The van der Waals surface area contributed by atoms with Crippen LogP contribution in [0.2, 0.25) is 0 Å². The monoisotopic (exact) mass is 469 g/mol. The van der Waals surface area contributed by atoms with Crippen molar-refractivity contribution < 1.29 is 43.1 Å². The van der Waals surface area contributed by atoms with E-state index in [4.69, 9.17) is 4.74 Å². The molecule has 0 spiro atoms. The molecule has 0 unspecified atom stereocenters. The summed E-state index contributed by atoms with van der Waals surface area (Å²) in [5, 5.41) is 8.98. The van der Waals surface area contributed by atoms with E-state index >= 15 is 0 Å². The molecule has 0 fully saturated rings. The molecule has 1 aliphatic rings. The Kier molecular flexibility index (Phi) is 12.9. The third-order valence-electron chi connectivity index (χ3n) is 3.92. The van der Waals surface area contributed by atoms with Crippen LogP contribution in [0.3, 0.4) is 0 Å². The van der Waals surface area contributed by atoms with Crippen molar-refractivity contribution in [3.05, 3.63) is 12.2 Å². The van der Waals surface area contributed by atoms with Crippen LogP contribution in [0.15, 0.2) is 12.2 Å². The van der Waals surface area contributed by atoms with Gasteiger partial charge in [0.2, 0.25) is 23.6 Å². The fourth-order valence-electron chi connectivity index (χ4n) is 2.21. The molecule has 5 N–H and O–H groups in total. The largest absolute Gasteiger partial charge is 0.533 e. The molecule has 1 aliphatic heterocycles. The van der Waals surface area contributed by atoms with Crippen LogP contribution >= 0.6 is 0 Å². The zero-order valence-electron chi connectivity index (χ0n) is 17.9. The maximum absolute atomic E-state index is 11.7. The van der Waals surface area contributed by atoms with Crippen LogP contribution in [0, 0.1) is 0 Å². The molecule has 182 valence electrons. The number of allylic oxidation sites excluding steroid dienone is 2. The molecule has 1 rings (SSSR count). The van der Waals surface area contributed by atoms with Gasteiger partial charge < -0.3 is 30.8 Å². The molecule has 1 heterocycles. The van der Waals surface area contributed by atoms with Gasteiger partial charge in [-0.3, -0.25) is 28.8 Å². The molecule has 33 heavy (non-hydrogen) atoms. The summed E-state index contributed by atoms with van der Waals surface area (Å²) in [7, 11) is 0. The highest BCUT2D eigenvalue weighted by Gasteiger charge is 2.12. The predicted molar refractivity (Wildman–Crippen MR) is 110 cm³/mol. The molecule has 0 bridgehead atoms. The van der Waals surface area contributed by atoms with Crippen molar-refractivity contribution in [2.75, 3.05) is 32.8 Å². The average molecular weight is 469 g/mol. The van der Waals surface area contributed by atoms with Crippen molar-refractivity contribution in [3.8, 4) is 0 Å². The Morgan fingerprint density at radius 2 is 1.18 bits per heavy atom. The number of carbonyl (C=O) groups excluding carboxylic acids is 7. The summed E-state index contributed by atoms with van der Waals surface area (Å²) in [6, 6.07) is 0. The molecule has 0 aromatic heterocycles. The molecule has 0 aromatic carbocycles. The zero-order chi connectivity index (χ0) is 24.5. The number of cyclic esters (lactones) is 1. The van der Waals surface area contributed by atoms with Crippen molar-refractivity contribution in [2.45, 2.75) is 32.1 Å². The van der Waals surface area contributed by atoms with E-state index in [-0.39, 0.29) is 31.8 Å². The lowest BCUT2D eigenvalue weighted by Gasteiger charge is -2.09. The fourth-order valence-corrected chi connectivity index (χ4v) is 2.21. The Hall–Kier alpha value is -3.97. The first-order chi connectivity index (χ1) is 15.8. The Bertz CT molecular complexity index is 782. The van der Waals surface area contributed by atoms with Gasteiger partial charge >= 0.3 is 6.16 Å². The van der Waals surface area contributed by atoms with Gasteiger partial charge in [-0.15, -0.1) is 0 Å². The van der Waals surface area contributed by atoms with E-state index in [1.165, 1.54) is 6.08 Å². The summed E-state index contributed by atoms with van der Waals surface area (Å²) < 4.78 is 4.75. The summed E-state index contributed by atoms with van der Waals surface area (Å²) in [6.07, 6.45) is 3.36. The van der Waals surface area contributed by atoms with Crippen LogP contribution in [-0.4, -0.2) is 74.3 Å². The lowest BCUT2D eigenvalue weighted by molar-refractivity contribution is -0.133. The van der Waals surface area contributed by atoms with Gasteiger partial charge in [0.15, 0.2) is 5.78 Å². The molecular weight excluding hydrogens is 442 g/mol. The first-order valence-corrected chi connectivity index (χ1v) is 10.1. The van der Waals surface area contributed by atoms with Crippen LogP contribution in [0.25, 0.3) is 0 Å². The van der Waals surface area contributed by atoms with Crippen molar-refractivity contribution >= 4 is 41.5 Å². The molecule has 0 aliphatic carbocycles. The van der Waals surface area contributed by atoms with E-state index in [1.54, 1.807) is 11.6 Å². The first-order valence-electron chi connectivity index (χ1n) is 10.1. The number of rotatable bonds is 0. The predicted octanol–water partition coefficient (Wildman–Crippen LogP) is -2.27. The third kappa shape index (κ3) is 14.6. The summed E-state index contributed by atoms with van der Waals surface area (Å²) in [4.78, 5) is 85.7. The van der Waals surface area contributed by atoms with Gasteiger partial charge in [0.1, 0.15) is 0 Å². The minimum Gasteiger partial charge on any atom is -0.433 e. The summed E-state index contributed by atoms with van der Waals surface area (Å²) in [5.41, 5.74) is 1.79. The normalized spacial score (nSPS) is 19.7. The van der Waals surface area contributed by atoms with E-state index in [0.717, 1.165) is 0 Å². The summed E-state index contributed by atoms with van der Waals surface area (Å²) >= 11 is 0. The zero-order valence-corrected chi connectivity index (χ0v) is 17.9. The van der Waals surface area contributed by atoms with Gasteiger partial charge in [0, 0.05) is 12.8 Å². The second-order valence-corrected chi connectivity index (χ2v) is 6.70. The Labute approximate surface area is 189 Å². The van der Waals surface area contributed by atoms with Gasteiger partial charge in [-0.05, 0) is 25.3 Å². The molecule has 5 amide bonds. The maximum atomic E-state index is 11.7. The average Bonchev–Trinajstić information content (AvgIpc) is 2.79.